The van der Waals surface area contributed by atoms with E-state index in [1.54, 1.807) is 12.1 Å². The largest absolute Gasteiger partial charge is 0.486 e. The topological polar surface area (TPSA) is 12.5 Å². The van der Waals surface area contributed by atoms with Crippen molar-refractivity contribution < 1.29 is 9.13 Å². The highest BCUT2D eigenvalue weighted by molar-refractivity contribution is 5.40. The van der Waals surface area contributed by atoms with Crippen LogP contribution in [0.15, 0.2) is 18.2 Å². The lowest BCUT2D eigenvalue weighted by atomic mass is 9.73. The predicted molar refractivity (Wildman–Crippen MR) is 74.0 cm³/mol. The highest BCUT2D eigenvalue weighted by atomic mass is 19.1. The van der Waals surface area contributed by atoms with Crippen LogP contribution in [-0.2, 0) is 6.42 Å². The summed E-state index contributed by atoms with van der Waals surface area (Å²) < 4.78 is 19.7. The Morgan fingerprint density at radius 1 is 1.37 bits per heavy atom. The van der Waals surface area contributed by atoms with Crippen molar-refractivity contribution >= 4 is 0 Å². The molecule has 19 heavy (non-hydrogen) atoms. The SMILES string of the molecule is CN(C)C[C@H]1CCCC[C@]12Cc1cc(F)ccc1O2. The standard InChI is InChI=1S/C16H22FNO/c1-18(2)11-13-5-3-4-8-16(13)10-12-9-14(17)6-7-15(12)19-16/h6-7,9,13H,3-5,8,10-11H2,1-2H3/t13-,16+/m1/s1. The lowest BCUT2D eigenvalue weighted by Gasteiger charge is -2.41. The Hall–Kier alpha value is -1.09. The Morgan fingerprint density at radius 3 is 3.00 bits per heavy atom. The number of rotatable bonds is 2. The molecule has 0 radical (unpaired) electrons. The minimum absolute atomic E-state index is 0.0847. The van der Waals surface area contributed by atoms with Crippen LogP contribution < -0.4 is 4.74 Å². The summed E-state index contributed by atoms with van der Waals surface area (Å²) in [5, 5.41) is 0. The third kappa shape index (κ3) is 2.36. The van der Waals surface area contributed by atoms with E-state index in [4.69, 9.17) is 4.74 Å². The first kappa shape index (κ1) is 12.9. The molecule has 0 unspecified atom stereocenters. The molecule has 104 valence electrons. The molecule has 1 aromatic carbocycles. The van der Waals surface area contributed by atoms with Crippen LogP contribution in [0.5, 0.6) is 5.75 Å². The van der Waals surface area contributed by atoms with Gasteiger partial charge >= 0.3 is 0 Å². The van der Waals surface area contributed by atoms with Gasteiger partial charge < -0.3 is 9.64 Å². The fourth-order valence-corrected chi connectivity index (χ4v) is 3.71. The van der Waals surface area contributed by atoms with Crippen LogP contribution in [0.1, 0.15) is 31.2 Å². The quantitative estimate of drug-likeness (QED) is 0.812. The third-order valence-electron chi connectivity index (χ3n) is 4.56. The van der Waals surface area contributed by atoms with Gasteiger partial charge in [-0.15, -0.1) is 0 Å². The Bertz CT molecular complexity index is 474. The number of ether oxygens (including phenoxy) is 1. The first-order chi connectivity index (χ1) is 9.09. The molecule has 1 spiro atoms. The van der Waals surface area contributed by atoms with Gasteiger partial charge in [0.2, 0.25) is 0 Å². The predicted octanol–water partition coefficient (Wildman–Crippen LogP) is 3.25. The molecular weight excluding hydrogens is 241 g/mol. The van der Waals surface area contributed by atoms with Crippen LogP contribution >= 0.6 is 0 Å². The van der Waals surface area contributed by atoms with Crippen LogP contribution in [0.25, 0.3) is 0 Å². The molecule has 0 amide bonds. The van der Waals surface area contributed by atoms with E-state index < -0.39 is 0 Å². The number of nitrogens with zero attached hydrogens (tertiary/aromatic N) is 1. The summed E-state index contributed by atoms with van der Waals surface area (Å²) in [7, 11) is 4.23. The highest BCUT2D eigenvalue weighted by Gasteiger charge is 2.47. The summed E-state index contributed by atoms with van der Waals surface area (Å²) in [5.74, 6) is 1.29. The smallest absolute Gasteiger partial charge is 0.123 e. The van der Waals surface area contributed by atoms with E-state index in [0.29, 0.717) is 5.92 Å². The van der Waals surface area contributed by atoms with E-state index >= 15 is 0 Å². The molecule has 1 heterocycles. The van der Waals surface area contributed by atoms with Gasteiger partial charge in [-0.2, -0.15) is 0 Å². The maximum Gasteiger partial charge on any atom is 0.123 e. The Labute approximate surface area is 114 Å². The molecule has 3 heteroatoms. The maximum absolute atomic E-state index is 13.4. The van der Waals surface area contributed by atoms with Crippen LogP contribution in [0.4, 0.5) is 4.39 Å². The molecule has 1 aliphatic heterocycles. The van der Waals surface area contributed by atoms with Gasteiger partial charge in [0.15, 0.2) is 0 Å². The highest BCUT2D eigenvalue weighted by Crippen LogP contribution is 2.46. The Balaban J connectivity index is 1.87. The lowest BCUT2D eigenvalue weighted by Crippen LogP contribution is -2.48. The first-order valence-electron chi connectivity index (χ1n) is 7.21. The molecule has 1 saturated carbocycles. The molecular formula is C16H22FNO. The van der Waals surface area contributed by atoms with E-state index in [-0.39, 0.29) is 11.4 Å². The van der Waals surface area contributed by atoms with Crippen LogP contribution in [0.2, 0.25) is 0 Å². The fraction of sp³-hybridized carbons (Fsp3) is 0.625. The average molecular weight is 263 g/mol. The van der Waals surface area contributed by atoms with E-state index in [1.165, 1.54) is 25.3 Å². The minimum atomic E-state index is -0.153. The number of hydrogen-bond acceptors (Lipinski definition) is 2. The lowest BCUT2D eigenvalue weighted by molar-refractivity contribution is -0.0150. The number of fused-ring (bicyclic) bond motifs is 1. The summed E-state index contributed by atoms with van der Waals surface area (Å²) in [6.07, 6.45) is 5.70. The van der Waals surface area contributed by atoms with Crippen molar-refractivity contribution in [1.29, 1.82) is 0 Å². The third-order valence-corrected chi connectivity index (χ3v) is 4.56. The first-order valence-corrected chi connectivity index (χ1v) is 7.21. The van der Waals surface area contributed by atoms with Gasteiger partial charge in [0.1, 0.15) is 17.2 Å². The molecule has 2 nitrogen and oxygen atoms in total. The van der Waals surface area contributed by atoms with Crippen molar-refractivity contribution in [1.82, 2.24) is 4.90 Å². The van der Waals surface area contributed by atoms with Crippen LogP contribution in [-0.4, -0.2) is 31.1 Å². The zero-order valence-electron chi connectivity index (χ0n) is 11.8. The second-order valence-corrected chi connectivity index (χ2v) is 6.30. The molecule has 0 saturated heterocycles. The molecule has 0 aromatic heterocycles. The summed E-state index contributed by atoms with van der Waals surface area (Å²) in [4.78, 5) is 2.24. The van der Waals surface area contributed by atoms with Crippen molar-refractivity contribution in [2.75, 3.05) is 20.6 Å². The summed E-state index contributed by atoms with van der Waals surface area (Å²) in [5.41, 5.74) is 0.962. The summed E-state index contributed by atoms with van der Waals surface area (Å²) in [6, 6.07) is 4.94. The van der Waals surface area contributed by atoms with Crippen LogP contribution in [0.3, 0.4) is 0 Å². The average Bonchev–Trinajstić information content (AvgIpc) is 2.70. The van der Waals surface area contributed by atoms with Crippen molar-refractivity contribution in [2.45, 2.75) is 37.7 Å². The Morgan fingerprint density at radius 2 is 2.21 bits per heavy atom. The maximum atomic E-state index is 13.4. The molecule has 0 bridgehead atoms. The molecule has 1 aromatic rings. The van der Waals surface area contributed by atoms with Gasteiger partial charge in [-0.25, -0.2) is 4.39 Å². The zero-order valence-corrected chi connectivity index (χ0v) is 11.8. The van der Waals surface area contributed by atoms with Crippen molar-refractivity contribution in [3.8, 4) is 5.75 Å². The second kappa shape index (κ2) is 4.78. The molecule has 1 aliphatic carbocycles. The fourth-order valence-electron chi connectivity index (χ4n) is 3.71. The van der Waals surface area contributed by atoms with Gasteiger partial charge in [0.05, 0.1) is 0 Å². The van der Waals surface area contributed by atoms with E-state index in [2.05, 4.69) is 19.0 Å². The second-order valence-electron chi connectivity index (χ2n) is 6.30. The number of halogens is 1. The summed E-state index contributed by atoms with van der Waals surface area (Å²) >= 11 is 0. The molecule has 3 rings (SSSR count). The van der Waals surface area contributed by atoms with Gasteiger partial charge in [0, 0.05) is 24.4 Å². The van der Waals surface area contributed by atoms with Crippen molar-refractivity contribution in [3.63, 3.8) is 0 Å². The molecule has 2 atom stereocenters. The Kier molecular flexibility index (Phi) is 3.25. The molecule has 2 aliphatic rings. The zero-order chi connectivity index (χ0) is 13.5. The van der Waals surface area contributed by atoms with Gasteiger partial charge in [-0.05, 0) is 51.6 Å². The van der Waals surface area contributed by atoms with E-state index in [1.807, 2.05) is 0 Å². The molecule has 1 fully saturated rings. The van der Waals surface area contributed by atoms with E-state index in [0.717, 1.165) is 30.7 Å². The number of benzene rings is 1. The van der Waals surface area contributed by atoms with Crippen molar-refractivity contribution in [2.24, 2.45) is 5.92 Å². The van der Waals surface area contributed by atoms with Crippen LogP contribution in [0, 0.1) is 11.7 Å². The van der Waals surface area contributed by atoms with E-state index in [9.17, 15) is 4.39 Å². The molecule has 0 N–H and O–H groups in total. The van der Waals surface area contributed by atoms with Gasteiger partial charge in [0.25, 0.3) is 0 Å². The minimum Gasteiger partial charge on any atom is -0.486 e. The van der Waals surface area contributed by atoms with Crippen molar-refractivity contribution in [3.05, 3.63) is 29.6 Å². The number of hydrogen-bond donors (Lipinski definition) is 0. The van der Waals surface area contributed by atoms with Gasteiger partial charge in [-0.1, -0.05) is 6.42 Å². The summed E-state index contributed by atoms with van der Waals surface area (Å²) in [6.45, 7) is 1.05. The normalized spacial score (nSPS) is 29.6. The monoisotopic (exact) mass is 263 g/mol. The van der Waals surface area contributed by atoms with Gasteiger partial charge in [-0.3, -0.25) is 0 Å².